The largest absolute Gasteiger partial charge is 0.348 e. The number of benzene rings is 1. The summed E-state index contributed by atoms with van der Waals surface area (Å²) in [7, 11) is 1.74. The molecule has 7 heteroatoms. The molecule has 2 aliphatic carbocycles. The van der Waals surface area contributed by atoms with Crippen LogP contribution in [-0.2, 0) is 9.59 Å². The van der Waals surface area contributed by atoms with Crippen LogP contribution in [0.2, 0.25) is 5.02 Å². The van der Waals surface area contributed by atoms with Crippen LogP contribution in [0.5, 0.6) is 0 Å². The lowest BCUT2D eigenvalue weighted by Crippen LogP contribution is -2.42. The molecule has 0 aliphatic heterocycles. The van der Waals surface area contributed by atoms with Crippen LogP contribution in [0.3, 0.4) is 0 Å². The first-order chi connectivity index (χ1) is 13.6. The molecule has 1 aromatic rings. The molecule has 4 nitrogen and oxygen atoms in total. The first-order valence-corrected chi connectivity index (χ1v) is 10.7. The second-order valence-corrected chi connectivity index (χ2v) is 9.26. The summed E-state index contributed by atoms with van der Waals surface area (Å²) in [5.41, 5.74) is -0.582. The Morgan fingerprint density at radius 1 is 1.24 bits per heavy atom. The van der Waals surface area contributed by atoms with Crippen molar-refractivity contribution in [3.05, 3.63) is 34.4 Å². The summed E-state index contributed by atoms with van der Waals surface area (Å²) < 4.78 is 29.5. The van der Waals surface area contributed by atoms with Crippen LogP contribution in [0.25, 0.3) is 0 Å². The minimum absolute atomic E-state index is 0.0170. The number of nitrogens with zero attached hydrogens (tertiary/aromatic N) is 1. The number of amides is 2. The van der Waals surface area contributed by atoms with E-state index in [9.17, 15) is 18.4 Å². The average molecular weight is 427 g/mol. The van der Waals surface area contributed by atoms with E-state index in [2.05, 4.69) is 5.32 Å². The predicted octanol–water partition coefficient (Wildman–Crippen LogP) is 5.00. The van der Waals surface area contributed by atoms with Crippen molar-refractivity contribution >= 4 is 23.4 Å². The average Bonchev–Trinajstić information content (AvgIpc) is 3.33. The van der Waals surface area contributed by atoms with Gasteiger partial charge >= 0.3 is 0 Å². The van der Waals surface area contributed by atoms with Crippen LogP contribution < -0.4 is 5.32 Å². The number of hydrogen-bond acceptors (Lipinski definition) is 2. The van der Waals surface area contributed by atoms with Gasteiger partial charge in [0.05, 0.1) is 11.1 Å². The predicted molar refractivity (Wildman–Crippen MR) is 108 cm³/mol. The summed E-state index contributed by atoms with van der Waals surface area (Å²) >= 11 is 5.94. The van der Waals surface area contributed by atoms with Crippen molar-refractivity contribution in [2.75, 3.05) is 7.05 Å². The fourth-order valence-corrected chi connectivity index (χ4v) is 5.10. The Balaban J connectivity index is 1.85. The molecule has 1 aromatic carbocycles. The Bertz CT molecular complexity index is 795. The first kappa shape index (κ1) is 22.0. The lowest BCUT2D eigenvalue weighted by atomic mass is 9.76. The van der Waals surface area contributed by atoms with Gasteiger partial charge in [0.1, 0.15) is 11.6 Å². The molecule has 0 bridgehead atoms. The second kappa shape index (κ2) is 8.58. The highest BCUT2D eigenvalue weighted by atomic mass is 35.5. The number of rotatable bonds is 5. The number of carbonyl (C=O) groups excluding carboxylic acids is 2. The Labute approximate surface area is 176 Å². The fourth-order valence-electron chi connectivity index (χ4n) is 4.94. The molecule has 0 spiro atoms. The van der Waals surface area contributed by atoms with E-state index in [1.807, 2.05) is 6.92 Å². The van der Waals surface area contributed by atoms with Gasteiger partial charge < -0.3 is 10.2 Å². The quantitative estimate of drug-likeness (QED) is 0.673. The highest BCUT2D eigenvalue weighted by Gasteiger charge is 2.43. The van der Waals surface area contributed by atoms with Gasteiger partial charge in [0.15, 0.2) is 0 Å². The van der Waals surface area contributed by atoms with Crippen LogP contribution in [0.4, 0.5) is 8.78 Å². The van der Waals surface area contributed by atoms with Crippen molar-refractivity contribution in [1.29, 1.82) is 0 Å². The van der Waals surface area contributed by atoms with E-state index in [0.717, 1.165) is 38.2 Å². The zero-order valence-electron chi connectivity index (χ0n) is 17.2. The smallest absolute Gasteiger partial charge is 0.223 e. The second-order valence-electron chi connectivity index (χ2n) is 8.85. The maximum Gasteiger partial charge on any atom is 0.223 e. The Morgan fingerprint density at radius 2 is 1.90 bits per heavy atom. The minimum Gasteiger partial charge on any atom is -0.348 e. The third-order valence-corrected chi connectivity index (χ3v) is 7.21. The molecule has 2 amide bonds. The van der Waals surface area contributed by atoms with Crippen molar-refractivity contribution in [2.45, 2.75) is 70.9 Å². The summed E-state index contributed by atoms with van der Waals surface area (Å²) in [6.45, 7) is 3.49. The van der Waals surface area contributed by atoms with Gasteiger partial charge in [0.2, 0.25) is 11.8 Å². The van der Waals surface area contributed by atoms with Crippen molar-refractivity contribution in [3.8, 4) is 0 Å². The molecule has 160 valence electrons. The van der Waals surface area contributed by atoms with Crippen molar-refractivity contribution in [2.24, 2.45) is 11.3 Å². The molecule has 0 aromatic heterocycles. The topological polar surface area (TPSA) is 49.4 Å². The molecule has 0 heterocycles. The molecule has 0 radical (unpaired) electrons. The van der Waals surface area contributed by atoms with Crippen LogP contribution >= 0.6 is 11.6 Å². The number of hydrogen-bond donors (Lipinski definition) is 1. The minimum atomic E-state index is -0.800. The molecule has 0 unspecified atom stereocenters. The van der Waals surface area contributed by atoms with Crippen LogP contribution in [0.15, 0.2) is 12.1 Å². The lowest BCUT2D eigenvalue weighted by Gasteiger charge is -2.36. The van der Waals surface area contributed by atoms with Crippen molar-refractivity contribution < 1.29 is 18.4 Å². The monoisotopic (exact) mass is 426 g/mol. The molecule has 29 heavy (non-hydrogen) atoms. The molecule has 2 aliphatic rings. The van der Waals surface area contributed by atoms with E-state index in [-0.39, 0.29) is 34.4 Å². The molecule has 1 N–H and O–H groups in total. The Kier molecular flexibility index (Phi) is 6.51. The molecular formula is C22H29ClF2N2O2. The van der Waals surface area contributed by atoms with Crippen molar-refractivity contribution in [3.63, 3.8) is 0 Å². The highest BCUT2D eigenvalue weighted by Crippen LogP contribution is 2.49. The highest BCUT2D eigenvalue weighted by molar-refractivity contribution is 6.30. The maximum absolute atomic E-state index is 14.9. The number of nitrogens with one attached hydrogen (secondary N) is 1. The fraction of sp³-hybridized carbons (Fsp3) is 0.636. The molecule has 0 saturated heterocycles. The standard InChI is InChI=1S/C22H29ClF2N2O2/c1-13(28)27(3)15-7-6-14(12-15)21(29)26-20(22(2)10-4-5-11-22)18-17(24)9-8-16(23)19(18)25/h8-9,14-15,20H,4-7,10-12H2,1-3H3,(H,26,29)/t14-,15-,20-/m1/s1. The summed E-state index contributed by atoms with van der Waals surface area (Å²) in [6.07, 6.45) is 5.44. The van der Waals surface area contributed by atoms with E-state index >= 15 is 0 Å². The van der Waals surface area contributed by atoms with E-state index < -0.39 is 23.1 Å². The maximum atomic E-state index is 14.9. The summed E-state index contributed by atoms with van der Waals surface area (Å²) in [4.78, 5) is 26.4. The zero-order valence-corrected chi connectivity index (χ0v) is 18.0. The SMILES string of the molecule is CC(=O)N(C)[C@@H]1CC[C@@H](C(=O)N[C@H](c2c(F)ccc(Cl)c2F)C2(C)CCCC2)C1. The van der Waals surface area contributed by atoms with E-state index in [1.165, 1.54) is 13.0 Å². The Hall–Kier alpha value is -1.69. The molecule has 2 saturated carbocycles. The van der Waals surface area contributed by atoms with Crippen molar-refractivity contribution in [1.82, 2.24) is 10.2 Å². The van der Waals surface area contributed by atoms with Crippen LogP contribution in [-0.4, -0.2) is 29.8 Å². The van der Waals surface area contributed by atoms with E-state index in [4.69, 9.17) is 11.6 Å². The third kappa shape index (κ3) is 4.42. The number of halogens is 3. The summed E-state index contributed by atoms with van der Waals surface area (Å²) in [5.74, 6) is -2.01. The number of carbonyl (C=O) groups is 2. The van der Waals surface area contributed by atoms with E-state index in [1.54, 1.807) is 11.9 Å². The zero-order chi connectivity index (χ0) is 21.3. The van der Waals surface area contributed by atoms with Gasteiger partial charge in [-0.1, -0.05) is 31.4 Å². The van der Waals surface area contributed by atoms with E-state index in [0.29, 0.717) is 12.8 Å². The van der Waals surface area contributed by atoms with Crippen LogP contribution in [0.1, 0.15) is 70.4 Å². The van der Waals surface area contributed by atoms with Gasteiger partial charge in [-0.15, -0.1) is 0 Å². The van der Waals surface area contributed by atoms with Gasteiger partial charge in [0.25, 0.3) is 0 Å². The Morgan fingerprint density at radius 3 is 2.52 bits per heavy atom. The molecule has 3 rings (SSSR count). The molecular weight excluding hydrogens is 398 g/mol. The summed E-state index contributed by atoms with van der Waals surface area (Å²) in [5, 5.41) is 2.83. The van der Waals surface area contributed by atoms with Gasteiger partial charge in [-0.3, -0.25) is 9.59 Å². The lowest BCUT2D eigenvalue weighted by molar-refractivity contribution is -0.130. The van der Waals surface area contributed by atoms with Crippen LogP contribution in [0, 0.1) is 23.0 Å². The third-order valence-electron chi connectivity index (χ3n) is 6.92. The first-order valence-electron chi connectivity index (χ1n) is 10.3. The van der Waals surface area contributed by atoms with Gasteiger partial charge in [-0.25, -0.2) is 8.78 Å². The van der Waals surface area contributed by atoms with Gasteiger partial charge in [0, 0.05) is 31.5 Å². The molecule has 3 atom stereocenters. The van der Waals surface area contributed by atoms with Gasteiger partial charge in [-0.2, -0.15) is 0 Å². The molecule has 2 fully saturated rings. The van der Waals surface area contributed by atoms with Gasteiger partial charge in [-0.05, 0) is 49.7 Å². The summed E-state index contributed by atoms with van der Waals surface area (Å²) in [6, 6.07) is 1.60. The normalized spacial score (nSPS) is 24.3.